The highest BCUT2D eigenvalue weighted by molar-refractivity contribution is 5.98. The van der Waals surface area contributed by atoms with Crippen LogP contribution in [0.3, 0.4) is 0 Å². The van der Waals surface area contributed by atoms with Crippen molar-refractivity contribution in [3.8, 4) is 67.5 Å². The first-order chi connectivity index (χ1) is 30.9. The van der Waals surface area contributed by atoms with Gasteiger partial charge in [-0.15, -0.1) is 0 Å². The van der Waals surface area contributed by atoms with Gasteiger partial charge in [0.2, 0.25) is 0 Å². The van der Waals surface area contributed by atoms with Gasteiger partial charge in [0.15, 0.2) is 0 Å². The Labute approximate surface area is 360 Å². The lowest BCUT2D eigenvalue weighted by molar-refractivity contribution is 0.446. The summed E-state index contributed by atoms with van der Waals surface area (Å²) < 4.78 is 60.6. The van der Waals surface area contributed by atoms with Crippen molar-refractivity contribution < 1.29 is 14.7 Å². The number of phenolic OH excluding ortho intramolecular Hbond substituents is 1. The molecule has 0 amide bonds. The molecule has 0 spiro atoms. The molecule has 0 radical (unpaired) electrons. The Hall–Kier alpha value is -6.26. The van der Waals surface area contributed by atoms with E-state index in [9.17, 15) is 5.11 Å². The quantitative estimate of drug-likeness (QED) is 0.183. The third kappa shape index (κ3) is 7.72. The molecule has 8 aromatic rings. The predicted molar refractivity (Wildman–Crippen MR) is 249 cm³/mol. The summed E-state index contributed by atoms with van der Waals surface area (Å²) in [6.45, 7) is 16.5. The Morgan fingerprint density at radius 1 is 0.559 bits per heavy atom. The lowest BCUT2D eigenvalue weighted by Gasteiger charge is -2.27. The summed E-state index contributed by atoms with van der Waals surface area (Å²) in [7, 11) is 0. The number of hydrogen-bond donors (Lipinski definition) is 1. The predicted octanol–water partition coefficient (Wildman–Crippen LogP) is 14.7. The van der Waals surface area contributed by atoms with Gasteiger partial charge in [-0.3, -0.25) is 9.55 Å². The van der Waals surface area contributed by atoms with Crippen molar-refractivity contribution >= 4 is 11.0 Å². The van der Waals surface area contributed by atoms with Crippen molar-refractivity contribution in [1.29, 1.82) is 0 Å². The summed E-state index contributed by atoms with van der Waals surface area (Å²) in [6.07, 6.45) is 1.57. The minimum Gasteiger partial charge on any atom is -0.507 e. The lowest BCUT2D eigenvalue weighted by Crippen LogP contribution is -2.17. The maximum atomic E-state index is 12.4. The molecule has 6 aromatic carbocycles. The van der Waals surface area contributed by atoms with E-state index in [-0.39, 0.29) is 27.6 Å². The number of fused-ring (bicyclic) bond motifs is 1. The number of phenols is 1. The van der Waals surface area contributed by atoms with Crippen LogP contribution in [0.2, 0.25) is 0 Å². The number of benzene rings is 6. The van der Waals surface area contributed by atoms with Crippen molar-refractivity contribution in [2.45, 2.75) is 85.4 Å². The van der Waals surface area contributed by atoms with Crippen LogP contribution in [0.15, 0.2) is 146 Å². The molecule has 59 heavy (non-hydrogen) atoms. The first-order valence-electron chi connectivity index (χ1n) is 23.6. The van der Waals surface area contributed by atoms with E-state index in [0.29, 0.717) is 22.6 Å². The Bertz CT molecular complexity index is 3160. The van der Waals surface area contributed by atoms with Crippen molar-refractivity contribution in [3.05, 3.63) is 168 Å². The largest absolute Gasteiger partial charge is 0.507 e. The van der Waals surface area contributed by atoms with Crippen LogP contribution >= 0.6 is 0 Å². The highest BCUT2D eigenvalue weighted by atomic mass is 16.3. The van der Waals surface area contributed by atoms with Crippen LogP contribution in [0.5, 0.6) is 5.75 Å². The van der Waals surface area contributed by atoms with Crippen molar-refractivity contribution in [1.82, 2.24) is 14.5 Å². The van der Waals surface area contributed by atoms with Gasteiger partial charge in [-0.1, -0.05) is 165 Å². The number of imidazole rings is 1. The molecular weight excluding hydrogens is 719 g/mol. The molecule has 0 fully saturated rings. The van der Waals surface area contributed by atoms with Gasteiger partial charge in [-0.05, 0) is 98.9 Å². The summed E-state index contributed by atoms with van der Waals surface area (Å²) in [5.74, 6) is 0.782. The van der Waals surface area contributed by atoms with E-state index in [0.717, 1.165) is 61.2 Å². The average Bonchev–Trinajstić information content (AvgIpc) is 3.64. The molecule has 4 heteroatoms. The number of para-hydroxylation sites is 2. The van der Waals surface area contributed by atoms with Crippen LogP contribution < -0.4 is 0 Å². The van der Waals surface area contributed by atoms with E-state index in [1.54, 1.807) is 18.3 Å². The van der Waals surface area contributed by atoms with Crippen LogP contribution in [0.25, 0.3) is 72.7 Å². The van der Waals surface area contributed by atoms with Gasteiger partial charge in [0.1, 0.15) is 11.6 Å². The van der Waals surface area contributed by atoms with Gasteiger partial charge in [0.05, 0.1) is 33.5 Å². The third-order valence-electron chi connectivity index (χ3n) is 11.0. The Kier molecular flexibility index (Phi) is 7.97. The molecular formula is C55H55N3O. The fourth-order valence-corrected chi connectivity index (χ4v) is 7.66. The monoisotopic (exact) mass is 780 g/mol. The fraction of sp³-hybridized carbons (Fsp3) is 0.236. The van der Waals surface area contributed by atoms with E-state index in [2.05, 4.69) is 134 Å². The zero-order valence-corrected chi connectivity index (χ0v) is 35.3. The second-order valence-electron chi connectivity index (χ2n) is 18.5. The minimum atomic E-state index is -2.82. The van der Waals surface area contributed by atoms with E-state index in [1.807, 2.05) is 36.4 Å². The van der Waals surface area contributed by atoms with Gasteiger partial charge in [0, 0.05) is 32.6 Å². The molecule has 0 saturated heterocycles. The molecule has 1 N–H and O–H groups in total. The number of rotatable bonds is 6. The SMILES string of the molecule is [2H]c1c([2H])c(C([2H])([2H])[2H])c([2H])c([2H])c1-c1ccnc(-c2cc(-c3cccc4c3nc(-c3cc(C(C)(C)C)cc(C(C)(C)C)c3O)n4-c3ccccc3-c3ccccc3)cc(C(C)(C)C)c2)c1. The number of aromatic hydroxyl groups is 1. The minimum absolute atomic E-state index is 0.000806. The van der Waals surface area contributed by atoms with Crippen molar-refractivity contribution in [2.75, 3.05) is 0 Å². The lowest BCUT2D eigenvalue weighted by atomic mass is 9.79. The molecule has 296 valence electrons. The molecule has 2 heterocycles. The summed E-state index contributed by atoms with van der Waals surface area (Å²) in [4.78, 5) is 10.3. The summed E-state index contributed by atoms with van der Waals surface area (Å²) in [5, 5.41) is 12.4. The molecule has 0 atom stereocenters. The van der Waals surface area contributed by atoms with Gasteiger partial charge in [0.25, 0.3) is 0 Å². The topological polar surface area (TPSA) is 50.9 Å². The van der Waals surface area contributed by atoms with Crippen molar-refractivity contribution in [3.63, 3.8) is 0 Å². The Morgan fingerprint density at radius 2 is 1.22 bits per heavy atom. The molecule has 0 aliphatic rings. The maximum Gasteiger partial charge on any atom is 0.149 e. The van der Waals surface area contributed by atoms with Crippen LogP contribution in [0.1, 0.15) is 94.2 Å². The average molecular weight is 781 g/mol. The summed E-state index contributed by atoms with van der Waals surface area (Å²) >= 11 is 0. The molecule has 0 aliphatic heterocycles. The normalized spacial score (nSPS) is 14.2. The molecule has 0 aliphatic carbocycles. The van der Waals surface area contributed by atoms with E-state index >= 15 is 0 Å². The number of aromatic nitrogens is 3. The highest BCUT2D eigenvalue weighted by Crippen LogP contribution is 2.46. The Balaban J connectivity index is 1.41. The number of hydrogen-bond acceptors (Lipinski definition) is 3. The molecule has 0 unspecified atom stereocenters. The van der Waals surface area contributed by atoms with E-state index in [4.69, 9.17) is 19.6 Å². The Morgan fingerprint density at radius 3 is 1.92 bits per heavy atom. The number of nitrogens with zero attached hydrogens (tertiary/aromatic N) is 3. The smallest absolute Gasteiger partial charge is 0.149 e. The molecule has 2 aromatic heterocycles. The van der Waals surface area contributed by atoms with Crippen LogP contribution in [-0.2, 0) is 16.2 Å². The van der Waals surface area contributed by atoms with Gasteiger partial charge in [-0.2, -0.15) is 0 Å². The second-order valence-corrected chi connectivity index (χ2v) is 18.5. The highest BCUT2D eigenvalue weighted by Gasteiger charge is 2.29. The third-order valence-corrected chi connectivity index (χ3v) is 11.0. The van der Waals surface area contributed by atoms with Crippen LogP contribution in [-0.4, -0.2) is 19.6 Å². The van der Waals surface area contributed by atoms with Crippen LogP contribution in [0.4, 0.5) is 0 Å². The maximum absolute atomic E-state index is 12.4. The molecule has 0 saturated carbocycles. The van der Waals surface area contributed by atoms with Crippen molar-refractivity contribution in [2.24, 2.45) is 0 Å². The van der Waals surface area contributed by atoms with Gasteiger partial charge in [-0.25, -0.2) is 4.98 Å². The summed E-state index contributed by atoms with van der Waals surface area (Å²) in [6, 6.07) is 36.5. The standard InChI is InChI=1S/C55H55N3O/c1-35-23-25-36(26-24-35)38-27-28-56-47(32-38)40-29-39(30-41(31-40)53(2,3)4)44-20-16-22-49-50(44)57-52(45-33-42(54(5,6)7)34-46(51(45)59)55(8,9)10)58(49)48-21-15-14-19-43(48)37-17-12-11-13-18-37/h11-34,59H,1-10H3/i1D3,23D,24D,25D,26D. The molecule has 4 nitrogen and oxygen atoms in total. The van der Waals surface area contributed by atoms with Crippen LogP contribution in [0, 0.1) is 6.85 Å². The summed E-state index contributed by atoms with van der Waals surface area (Å²) in [5.41, 5.74) is 9.94. The second kappa shape index (κ2) is 14.8. The van der Waals surface area contributed by atoms with Gasteiger partial charge < -0.3 is 5.11 Å². The zero-order chi connectivity index (χ0) is 47.8. The molecule has 8 rings (SSSR count). The zero-order valence-electron chi connectivity index (χ0n) is 42.3. The first-order valence-corrected chi connectivity index (χ1v) is 20.1. The van der Waals surface area contributed by atoms with E-state index < -0.39 is 36.6 Å². The number of pyridine rings is 1. The molecule has 0 bridgehead atoms. The van der Waals surface area contributed by atoms with E-state index in [1.165, 1.54) is 0 Å². The van der Waals surface area contributed by atoms with Gasteiger partial charge >= 0.3 is 0 Å². The first kappa shape index (κ1) is 31.7. The fourth-order valence-electron chi connectivity index (χ4n) is 7.66.